The van der Waals surface area contributed by atoms with Gasteiger partial charge >= 0.3 is 24.8 Å². The molecule has 0 saturated heterocycles. The van der Waals surface area contributed by atoms with Crippen molar-refractivity contribution in [3.05, 3.63) is 0 Å². The van der Waals surface area contributed by atoms with Crippen LogP contribution < -0.4 is 18.9 Å². The Morgan fingerprint density at radius 2 is 2.20 bits per heavy atom. The van der Waals surface area contributed by atoms with Gasteiger partial charge in [-0.05, 0) is 0 Å². The van der Waals surface area contributed by atoms with E-state index in [0.29, 0.717) is 13.2 Å². The van der Waals surface area contributed by atoms with Crippen molar-refractivity contribution >= 4 is 5.97 Å². The van der Waals surface area contributed by atoms with E-state index in [1.165, 1.54) is 7.11 Å². The second-order valence-corrected chi connectivity index (χ2v) is 1.44. The van der Waals surface area contributed by atoms with Crippen LogP contribution in [0.25, 0.3) is 0 Å². The van der Waals surface area contributed by atoms with Crippen LogP contribution >= 0.6 is 0 Å². The van der Waals surface area contributed by atoms with Crippen LogP contribution in [0.4, 0.5) is 0 Å². The molecule has 0 spiro atoms. The van der Waals surface area contributed by atoms with Crippen molar-refractivity contribution in [2.45, 2.75) is 0 Å². The summed E-state index contributed by atoms with van der Waals surface area (Å²) in [5.41, 5.74) is 0. The minimum atomic E-state index is -0.953. The first-order chi connectivity index (χ1) is 4.27. The van der Waals surface area contributed by atoms with Crippen molar-refractivity contribution < 1.29 is 39.7 Å². The molecule has 0 bridgehead atoms. The average Bonchev–Trinajstić information content (AvgIpc) is 1.80. The Kier molecular flexibility index (Phi) is 11.4. The van der Waals surface area contributed by atoms with E-state index in [1.807, 2.05) is 0 Å². The zero-order valence-corrected chi connectivity index (χ0v) is 6.29. The monoisotopic (exact) mass is 142 g/mol. The molecule has 56 valence electrons. The number of carboxylic acid groups (broad SMARTS) is 1. The van der Waals surface area contributed by atoms with Crippen molar-refractivity contribution in [3.8, 4) is 0 Å². The number of ether oxygens (including phenoxy) is 2. The molecule has 5 heteroatoms. The van der Waals surface area contributed by atoms with Crippen LogP contribution in [0.2, 0.25) is 0 Å². The fraction of sp³-hybridized carbons (Fsp3) is 0.800. The minimum Gasteiger partial charge on any atom is -1.00 e. The van der Waals surface area contributed by atoms with Crippen LogP contribution in [0.5, 0.6) is 0 Å². The predicted octanol–water partition coefficient (Wildman–Crippen LogP) is -3.15. The maximum Gasteiger partial charge on any atom is 1.00 e. The van der Waals surface area contributed by atoms with Crippen LogP contribution in [0.3, 0.4) is 0 Å². The molecule has 0 fully saturated rings. The summed E-state index contributed by atoms with van der Waals surface area (Å²) in [6, 6.07) is 0. The van der Waals surface area contributed by atoms with E-state index in [0.717, 1.165) is 0 Å². The predicted molar refractivity (Wildman–Crippen MR) is 31.4 cm³/mol. The van der Waals surface area contributed by atoms with Crippen molar-refractivity contribution in [2.24, 2.45) is 0 Å². The van der Waals surface area contributed by atoms with Gasteiger partial charge in [-0.15, -0.1) is 0 Å². The standard InChI is InChI=1S/C5H10O4.Li.H/c1-8-2-3-9-4-5(6)7;;/h2-4H2,1H3,(H,6,7);;/q;+1;-1. The molecule has 0 amide bonds. The molecule has 0 radical (unpaired) electrons. The summed E-state index contributed by atoms with van der Waals surface area (Å²) in [6.45, 7) is 0.527. The molecule has 0 saturated carbocycles. The van der Waals surface area contributed by atoms with Gasteiger partial charge in [-0.25, -0.2) is 4.79 Å². The molecule has 0 unspecified atom stereocenters. The van der Waals surface area contributed by atoms with Gasteiger partial charge in [0.05, 0.1) is 13.2 Å². The van der Waals surface area contributed by atoms with Gasteiger partial charge in [0.15, 0.2) is 0 Å². The quantitative estimate of drug-likeness (QED) is 0.325. The molecule has 10 heavy (non-hydrogen) atoms. The fourth-order valence-corrected chi connectivity index (χ4v) is 0.302. The first-order valence-electron chi connectivity index (χ1n) is 2.56. The van der Waals surface area contributed by atoms with Crippen molar-refractivity contribution in [3.63, 3.8) is 0 Å². The van der Waals surface area contributed by atoms with Crippen LogP contribution in [-0.2, 0) is 14.3 Å². The number of hydrogen-bond acceptors (Lipinski definition) is 3. The van der Waals surface area contributed by atoms with E-state index in [-0.39, 0.29) is 26.9 Å². The zero-order chi connectivity index (χ0) is 7.11. The Bertz CT molecular complexity index is 90.6. The maximum atomic E-state index is 9.80. The summed E-state index contributed by atoms with van der Waals surface area (Å²) in [5.74, 6) is -0.953. The Labute approximate surface area is 73.2 Å². The Morgan fingerprint density at radius 3 is 2.60 bits per heavy atom. The number of hydrogen-bond donors (Lipinski definition) is 1. The molecule has 0 aliphatic carbocycles. The normalized spacial score (nSPS) is 8.50. The number of carboxylic acids is 1. The Morgan fingerprint density at radius 1 is 1.60 bits per heavy atom. The van der Waals surface area contributed by atoms with Crippen LogP contribution in [0.15, 0.2) is 0 Å². The Hall–Kier alpha value is -0.0126. The summed E-state index contributed by atoms with van der Waals surface area (Å²) in [6.07, 6.45) is 0. The smallest absolute Gasteiger partial charge is 1.00 e. The van der Waals surface area contributed by atoms with Crippen LogP contribution in [0.1, 0.15) is 1.43 Å². The third-order valence-electron chi connectivity index (χ3n) is 0.657. The number of rotatable bonds is 5. The largest absolute Gasteiger partial charge is 1.00 e. The maximum absolute atomic E-state index is 9.80. The molecule has 0 aliphatic heterocycles. The SMILES string of the molecule is COCCOCC(=O)O.[H-].[Li+]. The van der Waals surface area contributed by atoms with Crippen molar-refractivity contribution in [2.75, 3.05) is 26.9 Å². The van der Waals surface area contributed by atoms with E-state index >= 15 is 0 Å². The Balaban J connectivity index is -0.000000320. The fourth-order valence-electron chi connectivity index (χ4n) is 0.302. The van der Waals surface area contributed by atoms with E-state index < -0.39 is 5.97 Å². The van der Waals surface area contributed by atoms with Crippen molar-refractivity contribution in [1.29, 1.82) is 0 Å². The van der Waals surface area contributed by atoms with E-state index in [2.05, 4.69) is 9.47 Å². The number of carbonyl (C=O) groups is 1. The number of methoxy groups -OCH3 is 1. The van der Waals surface area contributed by atoms with Gasteiger partial charge in [0.25, 0.3) is 0 Å². The molecule has 4 nitrogen and oxygen atoms in total. The first kappa shape index (κ1) is 12.6. The van der Waals surface area contributed by atoms with Gasteiger partial charge < -0.3 is 16.0 Å². The van der Waals surface area contributed by atoms with Gasteiger partial charge in [-0.1, -0.05) is 0 Å². The summed E-state index contributed by atoms with van der Waals surface area (Å²) in [7, 11) is 1.53. The summed E-state index contributed by atoms with van der Waals surface area (Å²) in [5, 5.41) is 8.05. The van der Waals surface area contributed by atoms with E-state index in [1.54, 1.807) is 0 Å². The second kappa shape index (κ2) is 8.99. The van der Waals surface area contributed by atoms with Gasteiger partial charge in [-0.2, -0.15) is 0 Å². The third-order valence-corrected chi connectivity index (χ3v) is 0.657. The zero-order valence-electron chi connectivity index (χ0n) is 7.29. The summed E-state index contributed by atoms with van der Waals surface area (Å²) in [4.78, 5) is 9.80. The summed E-state index contributed by atoms with van der Waals surface area (Å²) >= 11 is 0. The second-order valence-electron chi connectivity index (χ2n) is 1.44. The third kappa shape index (κ3) is 10.9. The minimum absolute atomic E-state index is 0. The molecule has 0 atom stereocenters. The van der Waals surface area contributed by atoms with Gasteiger partial charge in [0.1, 0.15) is 6.61 Å². The molecular weight excluding hydrogens is 131 g/mol. The molecule has 0 aliphatic rings. The summed E-state index contributed by atoms with van der Waals surface area (Å²) < 4.78 is 9.22. The first-order valence-corrected chi connectivity index (χ1v) is 2.56. The van der Waals surface area contributed by atoms with Crippen molar-refractivity contribution in [1.82, 2.24) is 0 Å². The van der Waals surface area contributed by atoms with Crippen LogP contribution in [0, 0.1) is 0 Å². The molecule has 0 aromatic carbocycles. The van der Waals surface area contributed by atoms with Gasteiger partial charge in [-0.3, -0.25) is 0 Å². The molecule has 0 heterocycles. The number of aliphatic carboxylic acids is 1. The van der Waals surface area contributed by atoms with Gasteiger partial charge in [0, 0.05) is 7.11 Å². The van der Waals surface area contributed by atoms with Gasteiger partial charge in [0.2, 0.25) is 0 Å². The molecule has 0 aromatic rings. The van der Waals surface area contributed by atoms with E-state index in [9.17, 15) is 4.79 Å². The average molecular weight is 142 g/mol. The molecule has 0 aromatic heterocycles. The topological polar surface area (TPSA) is 55.8 Å². The van der Waals surface area contributed by atoms with Crippen LogP contribution in [-0.4, -0.2) is 38.0 Å². The molecule has 1 N–H and O–H groups in total. The van der Waals surface area contributed by atoms with E-state index in [4.69, 9.17) is 5.11 Å². The molecule has 0 rings (SSSR count). The molecular formula is C5H11LiO4.